The number of benzene rings is 1. The lowest BCUT2D eigenvalue weighted by molar-refractivity contribution is -0.137. The van der Waals surface area contributed by atoms with E-state index in [0.29, 0.717) is 5.56 Å². The highest BCUT2D eigenvalue weighted by Gasteiger charge is 2.40. The van der Waals surface area contributed by atoms with Gasteiger partial charge in [0, 0.05) is 6.08 Å². The average Bonchev–Trinajstić information content (AvgIpc) is 2.64. The van der Waals surface area contributed by atoms with Crippen LogP contribution in [0.2, 0.25) is 0 Å². The highest BCUT2D eigenvalue weighted by Crippen LogP contribution is 2.36. The molecule has 1 heterocycles. The van der Waals surface area contributed by atoms with Crippen molar-refractivity contribution < 1.29 is 22.7 Å². The van der Waals surface area contributed by atoms with Crippen LogP contribution in [-0.2, 0) is 21.2 Å². The summed E-state index contributed by atoms with van der Waals surface area (Å²) in [4.78, 5) is 11.4. The molecule has 1 aromatic carbocycles. The lowest BCUT2D eigenvalue weighted by Gasteiger charge is -2.28. The number of methoxy groups -OCH3 is 1. The van der Waals surface area contributed by atoms with Gasteiger partial charge in [-0.05, 0) is 24.6 Å². The summed E-state index contributed by atoms with van der Waals surface area (Å²) in [6.07, 6.45) is -3.19. The second-order valence-corrected chi connectivity index (χ2v) is 4.41. The Labute approximate surface area is 108 Å². The summed E-state index contributed by atoms with van der Waals surface area (Å²) in [7, 11) is 1.37. The zero-order valence-corrected chi connectivity index (χ0v) is 10.3. The molecular formula is C13H12F3NO2. The number of rotatable bonds is 2. The Morgan fingerprint density at radius 1 is 1.32 bits per heavy atom. The first kappa shape index (κ1) is 13.5. The Kier molecular flexibility index (Phi) is 3.04. The summed E-state index contributed by atoms with van der Waals surface area (Å²) < 4.78 is 43.2. The minimum Gasteiger partial charge on any atom is -0.498 e. The standard InChI is InChI=1S/C13H12F3NO2/c1-12(10(19-2)7-11(18)17-12)8-4-3-5-9(6-8)13(14,15)16/h3-7H,1-2H3,(H,17,18). The van der Waals surface area contributed by atoms with Gasteiger partial charge in [0.05, 0.1) is 12.7 Å². The van der Waals surface area contributed by atoms with Crippen LogP contribution in [0.15, 0.2) is 36.1 Å². The van der Waals surface area contributed by atoms with E-state index < -0.39 is 23.2 Å². The molecule has 0 radical (unpaired) electrons. The van der Waals surface area contributed by atoms with E-state index in [4.69, 9.17) is 4.74 Å². The molecule has 0 aromatic heterocycles. The van der Waals surface area contributed by atoms with Crippen LogP contribution in [0.3, 0.4) is 0 Å². The van der Waals surface area contributed by atoms with E-state index in [1.54, 1.807) is 6.92 Å². The van der Waals surface area contributed by atoms with E-state index in [-0.39, 0.29) is 5.76 Å². The first-order chi connectivity index (χ1) is 8.77. The van der Waals surface area contributed by atoms with Crippen molar-refractivity contribution >= 4 is 5.91 Å². The van der Waals surface area contributed by atoms with Crippen molar-refractivity contribution in [1.82, 2.24) is 5.32 Å². The zero-order valence-electron chi connectivity index (χ0n) is 10.3. The van der Waals surface area contributed by atoms with Crippen LogP contribution < -0.4 is 5.32 Å². The molecule has 19 heavy (non-hydrogen) atoms. The van der Waals surface area contributed by atoms with Crippen molar-refractivity contribution in [3.05, 3.63) is 47.2 Å². The number of carbonyl (C=O) groups is 1. The van der Waals surface area contributed by atoms with Gasteiger partial charge in [-0.25, -0.2) is 0 Å². The maximum absolute atomic E-state index is 12.7. The third-order valence-corrected chi connectivity index (χ3v) is 3.12. The van der Waals surface area contributed by atoms with Crippen LogP contribution in [0, 0.1) is 0 Å². The molecule has 1 aliphatic heterocycles. The molecule has 1 aromatic rings. The second-order valence-electron chi connectivity index (χ2n) is 4.41. The first-order valence-electron chi connectivity index (χ1n) is 5.53. The molecule has 0 saturated heterocycles. The minimum atomic E-state index is -4.42. The Balaban J connectivity index is 2.48. The Morgan fingerprint density at radius 2 is 2.00 bits per heavy atom. The van der Waals surface area contributed by atoms with Gasteiger partial charge in [-0.3, -0.25) is 4.79 Å². The third kappa shape index (κ3) is 2.30. The fraction of sp³-hybridized carbons (Fsp3) is 0.308. The maximum Gasteiger partial charge on any atom is 0.416 e. The van der Waals surface area contributed by atoms with Crippen molar-refractivity contribution in [2.45, 2.75) is 18.6 Å². The fourth-order valence-electron chi connectivity index (χ4n) is 2.09. The first-order valence-corrected chi connectivity index (χ1v) is 5.53. The quantitative estimate of drug-likeness (QED) is 0.897. The monoisotopic (exact) mass is 271 g/mol. The van der Waals surface area contributed by atoms with Crippen molar-refractivity contribution in [2.75, 3.05) is 7.11 Å². The summed E-state index contributed by atoms with van der Waals surface area (Å²) in [5.74, 6) is -0.103. The molecule has 0 fully saturated rings. The number of hydrogen-bond donors (Lipinski definition) is 1. The Hall–Kier alpha value is -1.98. The van der Waals surface area contributed by atoms with E-state index in [0.717, 1.165) is 12.1 Å². The SMILES string of the molecule is COC1=CC(=O)NC1(C)c1cccc(C(F)(F)F)c1. The molecule has 0 spiro atoms. The second kappa shape index (κ2) is 4.29. The zero-order chi connectivity index (χ0) is 14.3. The summed E-state index contributed by atoms with van der Waals surface area (Å²) in [6, 6.07) is 4.83. The smallest absolute Gasteiger partial charge is 0.416 e. The summed E-state index contributed by atoms with van der Waals surface area (Å²) in [5.41, 5.74) is -1.52. The normalized spacial score (nSPS) is 23.0. The number of nitrogens with one attached hydrogen (secondary N) is 1. The van der Waals surface area contributed by atoms with Crippen LogP contribution in [0.25, 0.3) is 0 Å². The fourth-order valence-corrected chi connectivity index (χ4v) is 2.09. The number of carbonyl (C=O) groups excluding carboxylic acids is 1. The van der Waals surface area contributed by atoms with Crippen LogP contribution in [0.1, 0.15) is 18.1 Å². The highest BCUT2D eigenvalue weighted by atomic mass is 19.4. The Bertz CT molecular complexity index is 551. The van der Waals surface area contributed by atoms with Gasteiger partial charge >= 0.3 is 6.18 Å². The van der Waals surface area contributed by atoms with Gasteiger partial charge in [0.2, 0.25) is 5.91 Å². The van der Waals surface area contributed by atoms with Gasteiger partial charge < -0.3 is 10.1 Å². The van der Waals surface area contributed by atoms with Gasteiger partial charge in [0.1, 0.15) is 11.3 Å². The van der Waals surface area contributed by atoms with E-state index in [2.05, 4.69) is 5.32 Å². The van der Waals surface area contributed by atoms with E-state index in [9.17, 15) is 18.0 Å². The van der Waals surface area contributed by atoms with Gasteiger partial charge in [-0.1, -0.05) is 12.1 Å². The molecule has 0 aliphatic carbocycles. The van der Waals surface area contributed by atoms with Gasteiger partial charge in [-0.2, -0.15) is 13.2 Å². The number of amides is 1. The van der Waals surface area contributed by atoms with Crippen molar-refractivity contribution in [3.8, 4) is 0 Å². The molecule has 3 nitrogen and oxygen atoms in total. The van der Waals surface area contributed by atoms with Crippen LogP contribution >= 0.6 is 0 Å². The van der Waals surface area contributed by atoms with Crippen LogP contribution in [0.4, 0.5) is 13.2 Å². The molecule has 102 valence electrons. The summed E-state index contributed by atoms with van der Waals surface area (Å²) in [5, 5.41) is 2.60. The molecule has 2 rings (SSSR count). The predicted octanol–water partition coefficient (Wildman–Crippen LogP) is 2.58. The van der Waals surface area contributed by atoms with Crippen molar-refractivity contribution in [3.63, 3.8) is 0 Å². The number of alkyl halides is 3. The number of hydrogen-bond acceptors (Lipinski definition) is 2. The van der Waals surface area contributed by atoms with Crippen molar-refractivity contribution in [2.24, 2.45) is 0 Å². The molecular weight excluding hydrogens is 259 g/mol. The predicted molar refractivity (Wildman–Crippen MR) is 62.0 cm³/mol. The van der Waals surface area contributed by atoms with E-state index >= 15 is 0 Å². The van der Waals surface area contributed by atoms with Crippen LogP contribution in [0.5, 0.6) is 0 Å². The van der Waals surface area contributed by atoms with E-state index in [1.165, 1.54) is 25.3 Å². The molecule has 1 aliphatic rings. The Morgan fingerprint density at radius 3 is 2.58 bits per heavy atom. The average molecular weight is 271 g/mol. The highest BCUT2D eigenvalue weighted by molar-refractivity contribution is 5.92. The van der Waals surface area contributed by atoms with Gasteiger partial charge in [0.25, 0.3) is 0 Å². The molecule has 6 heteroatoms. The van der Waals surface area contributed by atoms with Crippen molar-refractivity contribution in [1.29, 1.82) is 0 Å². The molecule has 1 amide bonds. The number of ether oxygens (including phenoxy) is 1. The van der Waals surface area contributed by atoms with Gasteiger partial charge in [-0.15, -0.1) is 0 Å². The largest absolute Gasteiger partial charge is 0.498 e. The summed E-state index contributed by atoms with van der Waals surface area (Å²) >= 11 is 0. The molecule has 1 N–H and O–H groups in total. The molecule has 0 saturated carbocycles. The minimum absolute atomic E-state index is 0.289. The number of halogens is 3. The van der Waals surface area contributed by atoms with Crippen LogP contribution in [-0.4, -0.2) is 13.0 Å². The molecule has 0 bridgehead atoms. The van der Waals surface area contributed by atoms with Gasteiger partial charge in [0.15, 0.2) is 0 Å². The third-order valence-electron chi connectivity index (χ3n) is 3.12. The lowest BCUT2D eigenvalue weighted by Crippen LogP contribution is -2.39. The molecule has 1 atom stereocenters. The lowest BCUT2D eigenvalue weighted by atomic mass is 9.90. The summed E-state index contributed by atoms with van der Waals surface area (Å²) in [6.45, 7) is 1.60. The van der Waals surface area contributed by atoms with E-state index in [1.807, 2.05) is 0 Å². The molecule has 1 unspecified atom stereocenters. The maximum atomic E-state index is 12.7. The topological polar surface area (TPSA) is 38.3 Å².